The number of rotatable bonds is 57. The van der Waals surface area contributed by atoms with Gasteiger partial charge in [-0.1, -0.05) is 281 Å². The van der Waals surface area contributed by atoms with Crippen molar-refractivity contribution in [1.82, 2.24) is 0 Å². The van der Waals surface area contributed by atoms with Crippen LogP contribution in [0, 0.1) is 0 Å². The summed E-state index contributed by atoms with van der Waals surface area (Å²) >= 11 is 0. The van der Waals surface area contributed by atoms with E-state index >= 15 is 0 Å². The van der Waals surface area contributed by atoms with Gasteiger partial charge in [0.2, 0.25) is 0 Å². The van der Waals surface area contributed by atoms with Gasteiger partial charge in [0, 0.05) is 19.3 Å². The van der Waals surface area contributed by atoms with Crippen LogP contribution >= 0.6 is 0 Å². The number of esters is 3. The minimum Gasteiger partial charge on any atom is -0.462 e. The molecule has 0 aliphatic heterocycles. The molecule has 450 valence electrons. The molecule has 0 heterocycles. The number of carbonyl (C=O) groups excluding carboxylic acids is 3. The second-order valence-electron chi connectivity index (χ2n) is 20.9. The SMILES string of the molecule is CC/C=C\C/C=C\C/C=C\C/C=C\C/C=C\C/C=C\C/C=C\C/C=C\CCCCCCCCC(=O)OCC(COC(=O)CCCCCCCCCCCC)OC(=O)CCCCCCC/C=C\C/C=C\C/C=C\C/C=C\C/C=C\CC. The number of carbonyl (C=O) groups is 3. The van der Waals surface area contributed by atoms with Gasteiger partial charge < -0.3 is 14.2 Å². The smallest absolute Gasteiger partial charge is 0.306 e. The summed E-state index contributed by atoms with van der Waals surface area (Å²) in [6, 6.07) is 0. The highest BCUT2D eigenvalue weighted by molar-refractivity contribution is 5.71. The van der Waals surface area contributed by atoms with Crippen molar-refractivity contribution >= 4 is 17.9 Å². The summed E-state index contributed by atoms with van der Waals surface area (Å²) in [6.07, 6.45) is 96.8. The van der Waals surface area contributed by atoms with Gasteiger partial charge in [-0.05, 0) is 128 Å². The summed E-state index contributed by atoms with van der Waals surface area (Å²) in [5.41, 5.74) is 0. The van der Waals surface area contributed by atoms with Gasteiger partial charge in [-0.3, -0.25) is 14.4 Å². The van der Waals surface area contributed by atoms with Crippen LogP contribution in [-0.4, -0.2) is 37.2 Å². The Morgan fingerprint density at radius 2 is 0.487 bits per heavy atom. The third-order valence-electron chi connectivity index (χ3n) is 13.3. The highest BCUT2D eigenvalue weighted by atomic mass is 16.6. The molecule has 0 amide bonds. The lowest BCUT2D eigenvalue weighted by molar-refractivity contribution is -0.167. The normalized spacial score (nSPS) is 13.2. The molecule has 1 atom stereocenters. The number of ether oxygens (including phenoxy) is 3. The molecule has 0 rings (SSSR count). The first-order valence-corrected chi connectivity index (χ1v) is 32.5. The Morgan fingerprint density at radius 1 is 0.263 bits per heavy atom. The number of allylic oxidation sites excluding steroid dienone is 26. The Hall–Kier alpha value is -4.97. The Labute approximate surface area is 492 Å². The van der Waals surface area contributed by atoms with Crippen molar-refractivity contribution in [2.24, 2.45) is 0 Å². The molecule has 0 aromatic heterocycles. The Balaban J connectivity index is 4.34. The van der Waals surface area contributed by atoms with Crippen LogP contribution in [0.25, 0.3) is 0 Å². The van der Waals surface area contributed by atoms with Crippen LogP contribution in [0.3, 0.4) is 0 Å². The van der Waals surface area contributed by atoms with E-state index < -0.39 is 6.10 Å². The maximum absolute atomic E-state index is 12.9. The van der Waals surface area contributed by atoms with Crippen molar-refractivity contribution in [3.05, 3.63) is 158 Å². The summed E-state index contributed by atoms with van der Waals surface area (Å²) < 4.78 is 16.9. The Kier molecular flexibility index (Phi) is 62.4. The fraction of sp³-hybridized carbons (Fsp3) is 0.608. The molecule has 0 saturated heterocycles. The van der Waals surface area contributed by atoms with Crippen LogP contribution in [0.4, 0.5) is 0 Å². The summed E-state index contributed by atoms with van der Waals surface area (Å²) in [4.78, 5) is 38.2. The van der Waals surface area contributed by atoms with E-state index in [1.165, 1.54) is 57.8 Å². The average molecular weight is 1100 g/mol. The zero-order chi connectivity index (χ0) is 57.8. The molecule has 80 heavy (non-hydrogen) atoms. The largest absolute Gasteiger partial charge is 0.462 e. The van der Waals surface area contributed by atoms with Gasteiger partial charge in [-0.2, -0.15) is 0 Å². The van der Waals surface area contributed by atoms with E-state index in [0.29, 0.717) is 19.3 Å². The summed E-state index contributed by atoms with van der Waals surface area (Å²) in [5.74, 6) is -0.933. The average Bonchev–Trinajstić information content (AvgIpc) is 3.46. The van der Waals surface area contributed by atoms with Gasteiger partial charge in [-0.25, -0.2) is 0 Å². The number of hydrogen-bond donors (Lipinski definition) is 0. The van der Waals surface area contributed by atoms with Crippen LogP contribution in [0.1, 0.15) is 271 Å². The third-order valence-corrected chi connectivity index (χ3v) is 13.3. The van der Waals surface area contributed by atoms with Crippen molar-refractivity contribution in [3.8, 4) is 0 Å². The van der Waals surface area contributed by atoms with E-state index in [-0.39, 0.29) is 31.1 Å². The van der Waals surface area contributed by atoms with Gasteiger partial charge in [0.1, 0.15) is 13.2 Å². The zero-order valence-electron chi connectivity index (χ0n) is 51.5. The monoisotopic (exact) mass is 1100 g/mol. The minimum absolute atomic E-state index is 0.0949. The number of hydrogen-bond acceptors (Lipinski definition) is 6. The molecule has 0 radical (unpaired) electrons. The second-order valence-corrected chi connectivity index (χ2v) is 20.9. The van der Waals surface area contributed by atoms with Gasteiger partial charge in [0.05, 0.1) is 0 Å². The second kappa shape index (κ2) is 66.5. The van der Waals surface area contributed by atoms with E-state index in [4.69, 9.17) is 14.2 Å². The van der Waals surface area contributed by atoms with Gasteiger partial charge in [0.15, 0.2) is 6.10 Å². The van der Waals surface area contributed by atoms with Crippen LogP contribution in [0.5, 0.6) is 0 Å². The van der Waals surface area contributed by atoms with Gasteiger partial charge >= 0.3 is 17.9 Å². The van der Waals surface area contributed by atoms with Crippen molar-refractivity contribution in [1.29, 1.82) is 0 Å². The maximum atomic E-state index is 12.9. The molecule has 0 fully saturated rings. The topological polar surface area (TPSA) is 78.9 Å². The van der Waals surface area contributed by atoms with Crippen LogP contribution in [0.2, 0.25) is 0 Å². The highest BCUT2D eigenvalue weighted by Crippen LogP contribution is 2.15. The molecule has 0 aliphatic carbocycles. The molecule has 6 nitrogen and oxygen atoms in total. The minimum atomic E-state index is -0.801. The lowest BCUT2D eigenvalue weighted by Gasteiger charge is -2.18. The predicted molar refractivity (Wildman–Crippen MR) is 348 cm³/mol. The molecule has 0 bridgehead atoms. The quantitative estimate of drug-likeness (QED) is 0.0261. The Bertz CT molecular complexity index is 1790. The van der Waals surface area contributed by atoms with E-state index in [1.54, 1.807) is 0 Å². The zero-order valence-corrected chi connectivity index (χ0v) is 51.5. The molecule has 0 aromatic rings. The van der Waals surface area contributed by atoms with Crippen molar-refractivity contribution in [2.45, 2.75) is 277 Å². The van der Waals surface area contributed by atoms with Crippen molar-refractivity contribution in [2.75, 3.05) is 13.2 Å². The molecular formula is C74H118O6. The molecule has 0 aliphatic rings. The first kappa shape index (κ1) is 75.0. The number of unbranched alkanes of at least 4 members (excludes halogenated alkanes) is 20. The summed E-state index contributed by atoms with van der Waals surface area (Å²) in [6.45, 7) is 6.37. The molecular weight excluding hydrogens is 985 g/mol. The fourth-order valence-corrected chi connectivity index (χ4v) is 8.48. The van der Waals surface area contributed by atoms with Crippen LogP contribution < -0.4 is 0 Å². The van der Waals surface area contributed by atoms with E-state index in [0.717, 1.165) is 173 Å². The third kappa shape index (κ3) is 63.9. The summed E-state index contributed by atoms with van der Waals surface area (Å²) in [7, 11) is 0. The van der Waals surface area contributed by atoms with Crippen LogP contribution in [-0.2, 0) is 28.6 Å². The first-order chi connectivity index (χ1) is 39.5. The molecule has 0 N–H and O–H groups in total. The van der Waals surface area contributed by atoms with Crippen molar-refractivity contribution < 1.29 is 28.6 Å². The van der Waals surface area contributed by atoms with E-state index in [9.17, 15) is 14.4 Å². The Morgan fingerprint density at radius 3 is 0.762 bits per heavy atom. The van der Waals surface area contributed by atoms with Crippen LogP contribution in [0.15, 0.2) is 158 Å². The lowest BCUT2D eigenvalue weighted by atomic mass is 10.1. The maximum Gasteiger partial charge on any atom is 0.306 e. The van der Waals surface area contributed by atoms with Gasteiger partial charge in [0.25, 0.3) is 0 Å². The molecule has 0 saturated carbocycles. The molecule has 0 spiro atoms. The standard InChI is InChI=1S/C74H118O6/c1-4-7-10-13-16-19-22-24-26-28-30-32-33-34-35-36-37-38-39-40-41-43-44-46-48-50-52-55-58-61-64-67-73(76)79-70-71(69-78-72(75)66-63-60-57-54-21-18-15-12-9-6-3)80-74(77)68-65-62-59-56-53-51-49-47-45-42-31-29-27-25-23-20-17-14-11-8-5-2/h7-8,10-11,16-17,19-20,24-27,30-32,34-35,37-38,40-42,44,46-47,49,71H,4-6,9,12-15,18,21-23,28-29,33,36,39,43,45,48,50-70H2,1-3H3/b10-7-,11-8-,19-16-,20-17-,26-24-,27-25-,32-30-,35-34-,38-37-,41-40-,42-31-,46-44-,49-47-. The van der Waals surface area contributed by atoms with Gasteiger partial charge in [-0.15, -0.1) is 0 Å². The summed E-state index contributed by atoms with van der Waals surface area (Å²) in [5, 5.41) is 0. The predicted octanol–water partition coefficient (Wildman–Crippen LogP) is 22.5. The molecule has 1 unspecified atom stereocenters. The molecule has 0 aromatic carbocycles. The molecule has 6 heteroatoms. The highest BCUT2D eigenvalue weighted by Gasteiger charge is 2.19. The van der Waals surface area contributed by atoms with E-state index in [2.05, 4.69) is 179 Å². The fourth-order valence-electron chi connectivity index (χ4n) is 8.48. The van der Waals surface area contributed by atoms with E-state index in [1.807, 2.05) is 0 Å². The lowest BCUT2D eigenvalue weighted by Crippen LogP contribution is -2.30. The van der Waals surface area contributed by atoms with Crippen molar-refractivity contribution in [3.63, 3.8) is 0 Å². The first-order valence-electron chi connectivity index (χ1n) is 32.5.